The Morgan fingerprint density at radius 2 is 1.67 bits per heavy atom. The lowest BCUT2D eigenvalue weighted by Crippen LogP contribution is -1.93. The van der Waals surface area contributed by atoms with Gasteiger partial charge >= 0.3 is 0 Å². The van der Waals surface area contributed by atoms with Crippen LogP contribution in [0.5, 0.6) is 0 Å². The van der Waals surface area contributed by atoms with E-state index in [0.717, 1.165) is 6.61 Å². The molecule has 1 aromatic rings. The summed E-state index contributed by atoms with van der Waals surface area (Å²) in [6, 6.07) is 10.7. The molecule has 0 aliphatic carbocycles. The topological polar surface area (TPSA) is 9.23 Å². The fraction of sp³-hybridized carbons (Fsp3) is 0.500. The zero-order valence-electron chi connectivity index (χ0n) is 9.45. The van der Waals surface area contributed by atoms with Gasteiger partial charge in [0.1, 0.15) is 0 Å². The molecule has 1 radical (unpaired) electrons. The molecule has 0 amide bonds. The Morgan fingerprint density at radius 3 is 2.40 bits per heavy atom. The maximum Gasteiger partial charge on any atom is 0.0466 e. The van der Waals surface area contributed by atoms with Crippen molar-refractivity contribution < 1.29 is 4.74 Å². The van der Waals surface area contributed by atoms with E-state index >= 15 is 0 Å². The van der Waals surface area contributed by atoms with Crippen molar-refractivity contribution in [2.24, 2.45) is 0 Å². The second-order valence-electron chi connectivity index (χ2n) is 3.76. The summed E-state index contributed by atoms with van der Waals surface area (Å²) in [7, 11) is 0. The first kappa shape index (κ1) is 12.3. The van der Waals surface area contributed by atoms with E-state index in [1.165, 1.54) is 37.7 Å². The summed E-state index contributed by atoms with van der Waals surface area (Å²) in [5, 5.41) is 0. The first-order valence-electron chi connectivity index (χ1n) is 5.84. The van der Waals surface area contributed by atoms with Crippen LogP contribution in [-0.4, -0.2) is 13.2 Å². The molecule has 0 fully saturated rings. The molecule has 0 aliphatic heterocycles. The summed E-state index contributed by atoms with van der Waals surface area (Å²) in [6.45, 7) is 5.11. The van der Waals surface area contributed by atoms with Crippen LogP contribution in [0.15, 0.2) is 30.3 Å². The third kappa shape index (κ3) is 6.29. The lowest BCUT2D eigenvalue weighted by Gasteiger charge is -2.02. The minimum absolute atomic E-state index is 0.601. The van der Waals surface area contributed by atoms with Gasteiger partial charge in [0.2, 0.25) is 0 Å². The molecule has 0 aromatic heterocycles. The third-order valence-electron chi connectivity index (χ3n) is 2.49. The van der Waals surface area contributed by atoms with Crippen molar-refractivity contribution in [3.63, 3.8) is 0 Å². The Bertz CT molecular complexity index is 230. The number of ether oxygens (including phenoxy) is 1. The number of rotatable bonds is 8. The van der Waals surface area contributed by atoms with Crippen LogP contribution in [0.3, 0.4) is 0 Å². The lowest BCUT2D eigenvalue weighted by molar-refractivity contribution is 0.156. The van der Waals surface area contributed by atoms with Gasteiger partial charge in [0, 0.05) is 13.2 Å². The molecule has 0 aliphatic rings. The van der Waals surface area contributed by atoms with Crippen LogP contribution in [-0.2, 0) is 11.2 Å². The van der Waals surface area contributed by atoms with E-state index in [2.05, 4.69) is 37.3 Å². The van der Waals surface area contributed by atoms with Crippen LogP contribution in [0.25, 0.3) is 0 Å². The molecule has 83 valence electrons. The van der Waals surface area contributed by atoms with E-state index in [1.54, 1.807) is 0 Å². The lowest BCUT2D eigenvalue weighted by atomic mass is 10.1. The maximum atomic E-state index is 5.19. The van der Waals surface area contributed by atoms with E-state index in [-0.39, 0.29) is 0 Å². The fourth-order valence-electron chi connectivity index (χ4n) is 1.63. The second kappa shape index (κ2) is 8.49. The molecule has 0 spiro atoms. The smallest absolute Gasteiger partial charge is 0.0466 e. The van der Waals surface area contributed by atoms with E-state index < -0.39 is 0 Å². The third-order valence-corrected chi connectivity index (χ3v) is 2.49. The summed E-state index contributed by atoms with van der Waals surface area (Å²) in [4.78, 5) is 0. The van der Waals surface area contributed by atoms with Gasteiger partial charge in [-0.1, -0.05) is 43.2 Å². The van der Waals surface area contributed by atoms with Crippen LogP contribution in [0.2, 0.25) is 0 Å². The second-order valence-corrected chi connectivity index (χ2v) is 3.76. The van der Waals surface area contributed by atoms with Crippen molar-refractivity contribution in [2.45, 2.75) is 32.1 Å². The molecular formula is C14H21O. The monoisotopic (exact) mass is 205 g/mol. The summed E-state index contributed by atoms with van der Waals surface area (Å²) in [5.74, 6) is 0. The summed E-state index contributed by atoms with van der Waals surface area (Å²) < 4.78 is 5.19. The van der Waals surface area contributed by atoms with Crippen molar-refractivity contribution in [2.75, 3.05) is 13.2 Å². The van der Waals surface area contributed by atoms with Gasteiger partial charge < -0.3 is 4.74 Å². The standard InChI is InChI=1S/C14H21O/c1-2-15-13-9-4-3-6-10-14-11-7-5-8-12-14/h5,7-8,11-12H,1-4,6,9-10,13H2. The number of hydrogen-bond acceptors (Lipinski definition) is 1. The Kier molecular flexibility index (Phi) is 6.93. The molecule has 1 nitrogen and oxygen atoms in total. The van der Waals surface area contributed by atoms with Crippen LogP contribution in [0.1, 0.15) is 31.2 Å². The maximum absolute atomic E-state index is 5.19. The van der Waals surface area contributed by atoms with Crippen LogP contribution < -0.4 is 0 Å². The van der Waals surface area contributed by atoms with Crippen molar-refractivity contribution in [3.8, 4) is 0 Å². The summed E-state index contributed by atoms with van der Waals surface area (Å²) in [6.07, 6.45) is 6.23. The van der Waals surface area contributed by atoms with Crippen molar-refractivity contribution in [3.05, 3.63) is 42.8 Å². The molecule has 15 heavy (non-hydrogen) atoms. The van der Waals surface area contributed by atoms with Gasteiger partial charge in [0.05, 0.1) is 0 Å². The van der Waals surface area contributed by atoms with Crippen molar-refractivity contribution in [1.82, 2.24) is 0 Å². The van der Waals surface area contributed by atoms with Crippen LogP contribution >= 0.6 is 0 Å². The molecule has 0 atom stereocenters. The molecule has 0 saturated heterocycles. The Balaban J connectivity index is 1.93. The van der Waals surface area contributed by atoms with Gasteiger partial charge in [-0.25, -0.2) is 0 Å². The van der Waals surface area contributed by atoms with E-state index in [0.29, 0.717) is 6.61 Å². The minimum atomic E-state index is 0.601. The molecule has 1 aromatic carbocycles. The van der Waals surface area contributed by atoms with Crippen LogP contribution in [0, 0.1) is 6.92 Å². The summed E-state index contributed by atoms with van der Waals surface area (Å²) in [5.41, 5.74) is 1.45. The minimum Gasteiger partial charge on any atom is -0.381 e. The van der Waals surface area contributed by atoms with E-state index in [9.17, 15) is 0 Å². The molecule has 0 saturated carbocycles. The van der Waals surface area contributed by atoms with Gasteiger partial charge in [-0.05, 0) is 31.7 Å². The predicted octanol–water partition coefficient (Wildman–Crippen LogP) is 3.64. The molecule has 0 bridgehead atoms. The highest BCUT2D eigenvalue weighted by molar-refractivity contribution is 5.14. The predicted molar refractivity (Wildman–Crippen MR) is 64.8 cm³/mol. The van der Waals surface area contributed by atoms with Gasteiger partial charge in [-0.3, -0.25) is 0 Å². The largest absolute Gasteiger partial charge is 0.381 e. The quantitative estimate of drug-likeness (QED) is 0.589. The van der Waals surface area contributed by atoms with E-state index in [4.69, 9.17) is 4.74 Å². The van der Waals surface area contributed by atoms with E-state index in [1.807, 2.05) is 0 Å². The molecule has 0 N–H and O–H groups in total. The Labute approximate surface area is 93.5 Å². The highest BCUT2D eigenvalue weighted by atomic mass is 16.5. The van der Waals surface area contributed by atoms with Crippen molar-refractivity contribution in [1.29, 1.82) is 0 Å². The zero-order chi connectivity index (χ0) is 10.8. The molecule has 1 heteroatoms. The molecule has 1 rings (SSSR count). The fourth-order valence-corrected chi connectivity index (χ4v) is 1.63. The normalized spacial score (nSPS) is 10.5. The SMILES string of the molecule is [CH2]COCCCCCCc1ccccc1. The zero-order valence-corrected chi connectivity index (χ0v) is 9.45. The van der Waals surface area contributed by atoms with Crippen LogP contribution in [0.4, 0.5) is 0 Å². The number of aryl methyl sites for hydroxylation is 1. The van der Waals surface area contributed by atoms with Gasteiger partial charge in [-0.2, -0.15) is 0 Å². The highest BCUT2D eigenvalue weighted by Crippen LogP contribution is 2.07. The first-order valence-corrected chi connectivity index (χ1v) is 5.84. The van der Waals surface area contributed by atoms with Gasteiger partial charge in [-0.15, -0.1) is 0 Å². The Morgan fingerprint density at radius 1 is 0.933 bits per heavy atom. The average molecular weight is 205 g/mol. The van der Waals surface area contributed by atoms with Crippen molar-refractivity contribution >= 4 is 0 Å². The van der Waals surface area contributed by atoms with Gasteiger partial charge in [0.25, 0.3) is 0 Å². The average Bonchev–Trinajstić information content (AvgIpc) is 2.29. The van der Waals surface area contributed by atoms with Gasteiger partial charge in [0.15, 0.2) is 0 Å². The number of benzene rings is 1. The number of hydrogen-bond donors (Lipinski definition) is 0. The first-order chi connectivity index (χ1) is 7.43. The molecule has 0 heterocycles. The Hall–Kier alpha value is -0.820. The highest BCUT2D eigenvalue weighted by Gasteiger charge is 1.92. The summed E-state index contributed by atoms with van der Waals surface area (Å²) >= 11 is 0. The molecule has 0 unspecified atom stereocenters. The number of unbranched alkanes of at least 4 members (excludes halogenated alkanes) is 3. The molecular weight excluding hydrogens is 184 g/mol.